The minimum absolute atomic E-state index is 0. The molecule has 2 nitrogen and oxygen atoms in total. The molecule has 0 amide bonds. The first-order valence-corrected chi connectivity index (χ1v) is 5.90. The van der Waals surface area contributed by atoms with E-state index >= 15 is 0 Å². The van der Waals surface area contributed by atoms with Crippen molar-refractivity contribution in [3.63, 3.8) is 0 Å². The van der Waals surface area contributed by atoms with Crippen molar-refractivity contribution in [3.8, 4) is 0 Å². The van der Waals surface area contributed by atoms with Crippen molar-refractivity contribution in [2.45, 2.75) is 12.8 Å². The van der Waals surface area contributed by atoms with E-state index in [4.69, 9.17) is 0 Å². The van der Waals surface area contributed by atoms with Crippen LogP contribution in [-0.2, 0) is 6.42 Å². The Kier molecular flexibility index (Phi) is 4.72. The highest BCUT2D eigenvalue weighted by atomic mass is 127. The van der Waals surface area contributed by atoms with Crippen LogP contribution in [0.15, 0.2) is 24.3 Å². The standard InChI is InChI=1S/C14H20NO.HI/c1-15(2,3)10-12-9-8-11-6-4-5-7-13(11)14(12)16;/h4-7,12H,8-10H2,1-3H3;1H/q+1;. The SMILES string of the molecule is C[N+](C)(C)CC1CCc2ccccc2C1=O.I. The Balaban J connectivity index is 0.00000144. The second kappa shape index (κ2) is 5.48. The molecule has 94 valence electrons. The van der Waals surface area contributed by atoms with Gasteiger partial charge in [0, 0.05) is 5.56 Å². The van der Waals surface area contributed by atoms with Gasteiger partial charge in [-0.15, -0.1) is 24.0 Å². The second-order valence-corrected chi connectivity index (χ2v) is 5.73. The van der Waals surface area contributed by atoms with Crippen LogP contribution in [0, 0.1) is 5.92 Å². The van der Waals surface area contributed by atoms with Crippen LogP contribution in [0.1, 0.15) is 22.3 Å². The second-order valence-electron chi connectivity index (χ2n) is 5.73. The first kappa shape index (κ1) is 14.6. The molecule has 0 heterocycles. The molecule has 0 spiro atoms. The molecule has 3 heteroatoms. The monoisotopic (exact) mass is 346 g/mol. The molecule has 0 aliphatic heterocycles. The van der Waals surface area contributed by atoms with Gasteiger partial charge < -0.3 is 4.48 Å². The highest BCUT2D eigenvalue weighted by Gasteiger charge is 2.30. The van der Waals surface area contributed by atoms with Gasteiger partial charge in [-0.3, -0.25) is 4.79 Å². The smallest absolute Gasteiger partial charge is 0.171 e. The molecule has 2 rings (SSSR count). The molecule has 0 saturated heterocycles. The van der Waals surface area contributed by atoms with Crippen molar-refractivity contribution in [2.75, 3.05) is 27.7 Å². The first-order valence-electron chi connectivity index (χ1n) is 5.90. The van der Waals surface area contributed by atoms with Gasteiger partial charge in [0.05, 0.1) is 33.6 Å². The third-order valence-electron chi connectivity index (χ3n) is 3.18. The van der Waals surface area contributed by atoms with E-state index < -0.39 is 0 Å². The molecule has 17 heavy (non-hydrogen) atoms. The third kappa shape index (κ3) is 3.52. The minimum Gasteiger partial charge on any atom is -0.330 e. The third-order valence-corrected chi connectivity index (χ3v) is 3.18. The van der Waals surface area contributed by atoms with E-state index in [1.54, 1.807) is 0 Å². The summed E-state index contributed by atoms with van der Waals surface area (Å²) in [6.45, 7) is 0.938. The van der Waals surface area contributed by atoms with Crippen molar-refractivity contribution in [2.24, 2.45) is 5.92 Å². The number of quaternary nitrogens is 1. The Hall–Kier alpha value is -0.420. The zero-order chi connectivity index (χ0) is 11.8. The molecule has 0 N–H and O–H groups in total. The lowest BCUT2D eigenvalue weighted by Crippen LogP contribution is -2.42. The molecule has 0 radical (unpaired) electrons. The molecule has 1 unspecified atom stereocenters. The lowest BCUT2D eigenvalue weighted by molar-refractivity contribution is -0.872. The largest absolute Gasteiger partial charge is 0.330 e. The maximum atomic E-state index is 12.3. The highest BCUT2D eigenvalue weighted by molar-refractivity contribution is 14.0. The fourth-order valence-electron chi connectivity index (χ4n) is 2.49. The van der Waals surface area contributed by atoms with Gasteiger partial charge in [0.1, 0.15) is 0 Å². The number of nitrogens with zero attached hydrogens (tertiary/aromatic N) is 1. The number of fused-ring (bicyclic) bond motifs is 1. The Bertz CT molecular complexity index is 409. The number of hydrogen-bond acceptors (Lipinski definition) is 1. The van der Waals surface area contributed by atoms with Crippen molar-refractivity contribution in [1.82, 2.24) is 0 Å². The van der Waals surface area contributed by atoms with Crippen molar-refractivity contribution >= 4 is 29.8 Å². The van der Waals surface area contributed by atoms with Crippen LogP contribution in [0.2, 0.25) is 0 Å². The average Bonchev–Trinajstić information content (AvgIpc) is 2.21. The fourth-order valence-corrected chi connectivity index (χ4v) is 2.49. The van der Waals surface area contributed by atoms with Crippen LogP contribution in [-0.4, -0.2) is 38.0 Å². The molecule has 0 aromatic heterocycles. The van der Waals surface area contributed by atoms with E-state index in [-0.39, 0.29) is 29.9 Å². The summed E-state index contributed by atoms with van der Waals surface area (Å²) in [5.74, 6) is 0.546. The van der Waals surface area contributed by atoms with Gasteiger partial charge in [0.15, 0.2) is 5.78 Å². The molecule has 1 aromatic rings. The van der Waals surface area contributed by atoms with Gasteiger partial charge in [-0.2, -0.15) is 0 Å². The maximum Gasteiger partial charge on any atom is 0.171 e. The van der Waals surface area contributed by atoms with Gasteiger partial charge in [0.25, 0.3) is 0 Å². The summed E-state index contributed by atoms with van der Waals surface area (Å²) in [5, 5.41) is 0. The Morgan fingerprint density at radius 3 is 2.53 bits per heavy atom. The van der Waals surface area contributed by atoms with Gasteiger partial charge in [-0.25, -0.2) is 0 Å². The molecule has 1 atom stereocenters. The first-order chi connectivity index (χ1) is 7.47. The molecule has 1 aliphatic rings. The van der Waals surface area contributed by atoms with Crippen molar-refractivity contribution in [1.29, 1.82) is 0 Å². The van der Waals surface area contributed by atoms with E-state index in [0.717, 1.165) is 29.4 Å². The summed E-state index contributed by atoms with van der Waals surface area (Å²) in [6, 6.07) is 8.03. The molecule has 1 aromatic carbocycles. The maximum absolute atomic E-state index is 12.3. The lowest BCUT2D eigenvalue weighted by atomic mass is 9.82. The quantitative estimate of drug-likeness (QED) is 0.595. The summed E-state index contributed by atoms with van der Waals surface area (Å²) >= 11 is 0. The van der Waals surface area contributed by atoms with E-state index in [9.17, 15) is 4.79 Å². The molecular formula is C14H21INO+. The summed E-state index contributed by atoms with van der Waals surface area (Å²) < 4.78 is 0.860. The number of hydrogen-bond donors (Lipinski definition) is 0. The van der Waals surface area contributed by atoms with E-state index in [1.807, 2.05) is 18.2 Å². The number of halogens is 1. The normalized spacial score (nSPS) is 19.5. The number of Topliss-reactive ketones (excluding diaryl/α,β-unsaturated/α-hetero) is 1. The predicted molar refractivity (Wildman–Crippen MR) is 80.9 cm³/mol. The molecular weight excluding hydrogens is 325 g/mol. The summed E-state index contributed by atoms with van der Waals surface area (Å²) in [5.41, 5.74) is 2.18. The van der Waals surface area contributed by atoms with E-state index in [2.05, 4.69) is 27.2 Å². The van der Waals surface area contributed by atoms with Crippen molar-refractivity contribution < 1.29 is 9.28 Å². The zero-order valence-electron chi connectivity index (χ0n) is 10.8. The van der Waals surface area contributed by atoms with Gasteiger partial charge in [0.2, 0.25) is 0 Å². The number of rotatable bonds is 2. The average molecular weight is 346 g/mol. The lowest BCUT2D eigenvalue weighted by Gasteiger charge is -2.31. The van der Waals surface area contributed by atoms with Gasteiger partial charge >= 0.3 is 0 Å². The minimum atomic E-state index is 0. The summed E-state index contributed by atoms with van der Waals surface area (Å²) in [7, 11) is 6.44. The number of ketones is 1. The van der Waals surface area contributed by atoms with Crippen LogP contribution in [0.25, 0.3) is 0 Å². The number of aryl methyl sites for hydroxylation is 1. The van der Waals surface area contributed by atoms with Crippen LogP contribution >= 0.6 is 24.0 Å². The van der Waals surface area contributed by atoms with Gasteiger partial charge in [-0.05, 0) is 18.4 Å². The van der Waals surface area contributed by atoms with Crippen molar-refractivity contribution in [3.05, 3.63) is 35.4 Å². The zero-order valence-corrected chi connectivity index (χ0v) is 13.1. The van der Waals surface area contributed by atoms with E-state index in [0.29, 0.717) is 5.78 Å². The number of carbonyl (C=O) groups excluding carboxylic acids is 1. The molecule has 0 saturated carbocycles. The van der Waals surface area contributed by atoms with Crippen LogP contribution in [0.3, 0.4) is 0 Å². The highest BCUT2D eigenvalue weighted by Crippen LogP contribution is 2.26. The Labute approximate surface area is 121 Å². The fraction of sp³-hybridized carbons (Fsp3) is 0.500. The summed E-state index contributed by atoms with van der Waals surface area (Å²) in [4.78, 5) is 12.3. The van der Waals surface area contributed by atoms with Crippen LogP contribution in [0.5, 0.6) is 0 Å². The number of benzene rings is 1. The van der Waals surface area contributed by atoms with Gasteiger partial charge in [-0.1, -0.05) is 24.3 Å². The van der Waals surface area contributed by atoms with Crippen LogP contribution in [0.4, 0.5) is 0 Å². The molecule has 0 fully saturated rings. The van der Waals surface area contributed by atoms with E-state index in [1.165, 1.54) is 5.56 Å². The Morgan fingerprint density at radius 1 is 1.24 bits per heavy atom. The Morgan fingerprint density at radius 2 is 1.88 bits per heavy atom. The summed E-state index contributed by atoms with van der Waals surface area (Å²) in [6.07, 6.45) is 2.05. The van der Waals surface area contributed by atoms with Crippen LogP contribution < -0.4 is 0 Å². The topological polar surface area (TPSA) is 17.1 Å². The molecule has 0 bridgehead atoms. The molecule has 1 aliphatic carbocycles. The number of carbonyl (C=O) groups is 1. The predicted octanol–water partition coefficient (Wildman–Crippen LogP) is 2.76.